The normalized spacial score (nSPS) is 15.0. The molecule has 1 saturated heterocycles. The van der Waals surface area contributed by atoms with Crippen LogP contribution in [0.15, 0.2) is 71.6 Å². The molecule has 3 aromatic rings. The lowest BCUT2D eigenvalue weighted by Crippen LogP contribution is -2.56. The summed E-state index contributed by atoms with van der Waals surface area (Å²) in [4.78, 5) is 18.1. The minimum atomic E-state index is -6.13. The maximum atomic E-state index is 14.3. The Kier molecular flexibility index (Phi) is 11.6. The zero-order valence-electron chi connectivity index (χ0n) is 26.0. The highest BCUT2D eigenvalue weighted by atomic mass is 32.2. The minimum Gasteiger partial charge on any atom is -0.349 e. The molecule has 1 aliphatic heterocycles. The molecule has 17 heteroatoms. The third kappa shape index (κ3) is 8.67. The smallest absolute Gasteiger partial charge is 0.349 e. The van der Waals surface area contributed by atoms with Crippen LogP contribution in [0, 0.1) is 17.5 Å². The number of carbonyl (C=O) groups is 1. The van der Waals surface area contributed by atoms with E-state index in [-0.39, 0.29) is 30.0 Å². The number of sulfone groups is 1. The molecule has 268 valence electrons. The SMILES string of the molecule is CN1CCN(C(=O)N(CCCS(=O)(=O)c2ccc(F)cc2)Cc2ccc(C(OCc3c(F)cccc3F)(C(F)(F)F)C(F)(F)F)cc2)CC1. The van der Waals surface area contributed by atoms with Crippen molar-refractivity contribution in [1.82, 2.24) is 14.7 Å². The van der Waals surface area contributed by atoms with Crippen LogP contribution < -0.4 is 0 Å². The van der Waals surface area contributed by atoms with Crippen LogP contribution >= 0.6 is 0 Å². The van der Waals surface area contributed by atoms with Crippen molar-refractivity contribution in [1.29, 1.82) is 0 Å². The molecule has 0 atom stereocenters. The largest absolute Gasteiger partial charge is 0.430 e. The first kappa shape index (κ1) is 38.0. The van der Waals surface area contributed by atoms with Gasteiger partial charge in [0.25, 0.3) is 5.60 Å². The number of rotatable bonds is 11. The van der Waals surface area contributed by atoms with Crippen molar-refractivity contribution in [3.05, 3.63) is 101 Å². The molecular weight excluding hydrogens is 693 g/mol. The van der Waals surface area contributed by atoms with Crippen LogP contribution in [-0.2, 0) is 33.3 Å². The fourth-order valence-corrected chi connectivity index (χ4v) is 6.59. The Morgan fingerprint density at radius 1 is 0.816 bits per heavy atom. The predicted octanol–water partition coefficient (Wildman–Crippen LogP) is 6.67. The van der Waals surface area contributed by atoms with Gasteiger partial charge in [-0.25, -0.2) is 26.4 Å². The lowest BCUT2D eigenvalue weighted by molar-refractivity contribution is -0.392. The molecule has 2 amide bonds. The molecule has 0 spiro atoms. The van der Waals surface area contributed by atoms with Crippen LogP contribution in [0.5, 0.6) is 0 Å². The van der Waals surface area contributed by atoms with Gasteiger partial charge in [-0.3, -0.25) is 0 Å². The summed E-state index contributed by atoms with van der Waals surface area (Å²) in [6, 6.07) is 8.70. The first-order valence-electron chi connectivity index (χ1n) is 14.9. The average molecular weight is 726 g/mol. The number of ether oxygens (including phenoxy) is 1. The standard InChI is InChI=1S/C32H32F9N3O4S/c1-42-15-17-43(18-16-42)29(45)44(14-3-19-49(46,47)25-12-10-24(33)11-13-25)20-22-6-8-23(9-7-22)30(31(36,37)38,32(39,40)41)48-21-26-27(34)4-2-5-28(26)35/h2,4-13H,3,14-21H2,1H3. The van der Waals surface area contributed by atoms with Gasteiger partial charge in [0, 0.05) is 50.4 Å². The van der Waals surface area contributed by atoms with E-state index in [1.54, 1.807) is 0 Å². The highest BCUT2D eigenvalue weighted by molar-refractivity contribution is 7.91. The fraction of sp³-hybridized carbons (Fsp3) is 0.406. The molecule has 0 aromatic heterocycles. The first-order valence-corrected chi connectivity index (χ1v) is 16.5. The lowest BCUT2D eigenvalue weighted by Gasteiger charge is -2.38. The van der Waals surface area contributed by atoms with Crippen LogP contribution in [0.1, 0.15) is 23.1 Å². The van der Waals surface area contributed by atoms with Crippen molar-refractivity contribution in [3.63, 3.8) is 0 Å². The predicted molar refractivity (Wildman–Crippen MR) is 159 cm³/mol. The quantitative estimate of drug-likeness (QED) is 0.163. The summed E-state index contributed by atoms with van der Waals surface area (Å²) in [5.74, 6) is -3.88. The van der Waals surface area contributed by atoms with E-state index in [1.807, 2.05) is 11.9 Å². The van der Waals surface area contributed by atoms with Crippen LogP contribution in [0.3, 0.4) is 0 Å². The number of carbonyl (C=O) groups excluding carboxylic acids is 1. The van der Waals surface area contributed by atoms with Crippen LogP contribution in [0.25, 0.3) is 0 Å². The van der Waals surface area contributed by atoms with Crippen molar-refractivity contribution in [2.24, 2.45) is 0 Å². The van der Waals surface area contributed by atoms with Gasteiger partial charge < -0.3 is 19.4 Å². The van der Waals surface area contributed by atoms with Crippen molar-refractivity contribution in [2.75, 3.05) is 45.5 Å². The number of hydrogen-bond acceptors (Lipinski definition) is 5. The van der Waals surface area contributed by atoms with Gasteiger partial charge in [-0.15, -0.1) is 0 Å². The summed E-state index contributed by atoms with van der Waals surface area (Å²) in [5.41, 5.74) is -7.42. The molecule has 1 aliphatic rings. The van der Waals surface area contributed by atoms with Crippen molar-refractivity contribution in [2.45, 2.75) is 42.4 Å². The number of urea groups is 1. The number of hydrogen-bond donors (Lipinski definition) is 0. The Morgan fingerprint density at radius 2 is 1.37 bits per heavy atom. The number of amides is 2. The van der Waals surface area contributed by atoms with E-state index >= 15 is 0 Å². The number of halogens is 9. The molecule has 3 aromatic carbocycles. The van der Waals surface area contributed by atoms with Gasteiger partial charge in [0.1, 0.15) is 17.5 Å². The van der Waals surface area contributed by atoms with Gasteiger partial charge >= 0.3 is 18.4 Å². The molecule has 0 bridgehead atoms. The summed E-state index contributed by atoms with van der Waals surface area (Å²) in [7, 11) is -2.04. The molecule has 49 heavy (non-hydrogen) atoms. The number of nitrogens with zero attached hydrogens (tertiary/aromatic N) is 3. The van der Waals surface area contributed by atoms with Gasteiger partial charge in [-0.05, 0) is 55.4 Å². The molecule has 0 unspecified atom stereocenters. The van der Waals surface area contributed by atoms with E-state index in [0.717, 1.165) is 42.5 Å². The van der Waals surface area contributed by atoms with Gasteiger partial charge in [0.05, 0.1) is 17.3 Å². The second-order valence-electron chi connectivity index (χ2n) is 11.5. The minimum absolute atomic E-state index is 0.0943. The summed E-state index contributed by atoms with van der Waals surface area (Å²) in [5, 5.41) is 0. The van der Waals surface area contributed by atoms with Crippen LogP contribution in [0.4, 0.5) is 44.3 Å². The summed E-state index contributed by atoms with van der Waals surface area (Å²) in [6.07, 6.45) is -12.4. The Labute approximate surface area is 276 Å². The highest BCUT2D eigenvalue weighted by Crippen LogP contribution is 2.53. The van der Waals surface area contributed by atoms with E-state index in [2.05, 4.69) is 4.74 Å². The molecule has 1 heterocycles. The monoisotopic (exact) mass is 725 g/mol. The van der Waals surface area contributed by atoms with E-state index in [1.165, 1.54) is 9.80 Å². The molecule has 1 fully saturated rings. The number of likely N-dealkylation sites (N-methyl/N-ethyl adjacent to an activating group) is 1. The van der Waals surface area contributed by atoms with Gasteiger partial charge in [-0.2, -0.15) is 26.3 Å². The Bertz CT molecular complexity index is 1660. The maximum absolute atomic E-state index is 14.3. The summed E-state index contributed by atoms with van der Waals surface area (Å²) < 4.78 is 157. The topological polar surface area (TPSA) is 70.2 Å². The van der Waals surface area contributed by atoms with Crippen LogP contribution in [-0.4, -0.2) is 87.0 Å². The number of alkyl halides is 6. The second-order valence-corrected chi connectivity index (χ2v) is 13.6. The molecule has 0 radical (unpaired) electrons. The van der Waals surface area contributed by atoms with Gasteiger partial charge in [0.15, 0.2) is 9.84 Å². The van der Waals surface area contributed by atoms with Crippen molar-refractivity contribution < 1.29 is 57.5 Å². The maximum Gasteiger partial charge on any atom is 0.430 e. The highest BCUT2D eigenvalue weighted by Gasteiger charge is 2.73. The molecule has 4 rings (SSSR count). The van der Waals surface area contributed by atoms with Crippen LogP contribution in [0.2, 0.25) is 0 Å². The van der Waals surface area contributed by atoms with E-state index < -0.39 is 74.8 Å². The van der Waals surface area contributed by atoms with Gasteiger partial charge in [-0.1, -0.05) is 30.3 Å². The Balaban J connectivity index is 1.60. The molecule has 0 aliphatic carbocycles. The fourth-order valence-electron chi connectivity index (χ4n) is 5.30. The zero-order chi connectivity index (χ0) is 36.2. The Hall–Kier alpha value is -3.83. The average Bonchev–Trinajstić information content (AvgIpc) is 3.01. The second kappa shape index (κ2) is 15.0. The molecule has 0 N–H and O–H groups in total. The van der Waals surface area contributed by atoms with E-state index in [0.29, 0.717) is 50.4 Å². The number of piperazine rings is 1. The summed E-state index contributed by atoms with van der Waals surface area (Å²) >= 11 is 0. The molecule has 0 saturated carbocycles. The lowest BCUT2D eigenvalue weighted by atomic mass is 9.90. The van der Waals surface area contributed by atoms with E-state index in [4.69, 9.17) is 0 Å². The van der Waals surface area contributed by atoms with Gasteiger partial charge in [0.2, 0.25) is 0 Å². The summed E-state index contributed by atoms with van der Waals surface area (Å²) in [6.45, 7) is -0.472. The van der Waals surface area contributed by atoms with Crippen molar-refractivity contribution >= 4 is 15.9 Å². The van der Waals surface area contributed by atoms with E-state index in [9.17, 15) is 52.7 Å². The zero-order valence-corrected chi connectivity index (χ0v) is 26.8. The third-order valence-corrected chi connectivity index (χ3v) is 9.90. The Morgan fingerprint density at radius 3 is 1.90 bits per heavy atom. The molecule has 7 nitrogen and oxygen atoms in total. The van der Waals surface area contributed by atoms with Crippen molar-refractivity contribution in [3.8, 4) is 0 Å². The first-order chi connectivity index (χ1) is 22.9. The number of benzene rings is 3. The molecular formula is C32H32F9N3O4S. The third-order valence-electron chi connectivity index (χ3n) is 8.09.